The summed E-state index contributed by atoms with van der Waals surface area (Å²) in [6.07, 6.45) is 0. The Hall–Kier alpha value is -2.21. The highest BCUT2D eigenvalue weighted by molar-refractivity contribution is 7.18. The number of carbonyl (C=O) groups is 1. The molecule has 0 aliphatic rings. The van der Waals surface area contributed by atoms with Crippen LogP contribution in [-0.2, 0) is 0 Å². The van der Waals surface area contributed by atoms with Gasteiger partial charge in [-0.2, -0.15) is 0 Å². The molecule has 22 heavy (non-hydrogen) atoms. The first-order chi connectivity index (χ1) is 10.4. The van der Waals surface area contributed by atoms with E-state index in [2.05, 4.69) is 10.3 Å². The molecule has 5 nitrogen and oxygen atoms in total. The van der Waals surface area contributed by atoms with Gasteiger partial charge in [0.2, 0.25) is 0 Å². The van der Waals surface area contributed by atoms with Gasteiger partial charge in [-0.25, -0.2) is 4.98 Å². The summed E-state index contributed by atoms with van der Waals surface area (Å²) in [5.41, 5.74) is 3.58. The van der Waals surface area contributed by atoms with Gasteiger partial charge in [0, 0.05) is 12.1 Å². The highest BCUT2D eigenvalue weighted by atomic mass is 32.1. The number of hydrogen-bond acceptors (Lipinski definition) is 4. The van der Waals surface area contributed by atoms with E-state index in [1.165, 1.54) is 17.4 Å². The van der Waals surface area contributed by atoms with Crippen molar-refractivity contribution in [2.45, 2.75) is 33.7 Å². The van der Waals surface area contributed by atoms with E-state index in [4.69, 9.17) is 0 Å². The monoisotopic (exact) mass is 315 g/mol. The third-order valence-electron chi connectivity index (χ3n) is 3.56. The van der Waals surface area contributed by atoms with Crippen LogP contribution in [0.25, 0.3) is 16.0 Å². The van der Waals surface area contributed by atoms with Crippen LogP contribution in [0.5, 0.6) is 0 Å². The van der Waals surface area contributed by atoms with Crippen molar-refractivity contribution in [3.05, 3.63) is 44.6 Å². The molecule has 0 radical (unpaired) electrons. The summed E-state index contributed by atoms with van der Waals surface area (Å²) in [5, 5.41) is 2.80. The van der Waals surface area contributed by atoms with E-state index in [1.54, 1.807) is 4.40 Å². The van der Waals surface area contributed by atoms with Crippen molar-refractivity contribution >= 4 is 33.2 Å². The molecule has 6 heteroatoms. The lowest BCUT2D eigenvalue weighted by Gasteiger charge is -2.07. The number of benzene rings is 1. The Morgan fingerprint density at radius 1 is 1.23 bits per heavy atom. The van der Waals surface area contributed by atoms with E-state index in [1.807, 2.05) is 39.8 Å². The Labute approximate surface area is 131 Å². The van der Waals surface area contributed by atoms with Crippen LogP contribution in [0.2, 0.25) is 0 Å². The van der Waals surface area contributed by atoms with Crippen molar-refractivity contribution < 1.29 is 4.79 Å². The summed E-state index contributed by atoms with van der Waals surface area (Å²) in [7, 11) is 0. The number of aryl methyl sites for hydroxylation is 2. The molecule has 0 atom stereocenters. The number of aromatic nitrogens is 2. The summed E-state index contributed by atoms with van der Waals surface area (Å²) in [5.74, 6) is -0.237. The predicted molar refractivity (Wildman–Crippen MR) is 88.9 cm³/mol. The average Bonchev–Trinajstić information content (AvgIpc) is 2.76. The number of fused-ring (bicyclic) bond motifs is 3. The fraction of sp³-hybridized carbons (Fsp3) is 0.312. The second kappa shape index (κ2) is 5.21. The third kappa shape index (κ3) is 2.39. The first-order valence-electron chi connectivity index (χ1n) is 7.11. The zero-order valence-electron chi connectivity index (χ0n) is 12.9. The molecule has 1 amide bonds. The zero-order chi connectivity index (χ0) is 16.0. The predicted octanol–water partition coefficient (Wildman–Crippen LogP) is 2.66. The van der Waals surface area contributed by atoms with Gasteiger partial charge >= 0.3 is 0 Å². The minimum atomic E-state index is -0.237. The number of nitrogens with one attached hydrogen (secondary N) is 1. The van der Waals surface area contributed by atoms with Crippen LogP contribution in [0.4, 0.5) is 0 Å². The van der Waals surface area contributed by atoms with Crippen LogP contribution in [0.1, 0.15) is 34.6 Å². The molecule has 2 heterocycles. The quantitative estimate of drug-likeness (QED) is 0.791. The summed E-state index contributed by atoms with van der Waals surface area (Å²) >= 11 is 1.23. The number of imidazole rings is 1. The largest absolute Gasteiger partial charge is 0.349 e. The number of rotatable bonds is 2. The molecule has 3 aromatic rings. The summed E-state index contributed by atoms with van der Waals surface area (Å²) in [6, 6.07) is 5.34. The molecule has 3 rings (SSSR count). The maximum atomic E-state index is 12.4. The third-order valence-corrected chi connectivity index (χ3v) is 4.54. The first kappa shape index (κ1) is 14.7. The molecule has 0 unspecified atom stereocenters. The molecule has 2 aromatic heterocycles. The van der Waals surface area contributed by atoms with Crippen LogP contribution < -0.4 is 10.9 Å². The molecule has 0 bridgehead atoms. The van der Waals surface area contributed by atoms with Gasteiger partial charge in [-0.1, -0.05) is 11.3 Å². The minimum absolute atomic E-state index is 0.0233. The lowest BCUT2D eigenvalue weighted by molar-refractivity contribution is 0.0947. The highest BCUT2D eigenvalue weighted by Crippen LogP contribution is 2.22. The molecule has 0 saturated heterocycles. The van der Waals surface area contributed by atoms with Gasteiger partial charge in [0.05, 0.1) is 11.0 Å². The summed E-state index contributed by atoms with van der Waals surface area (Å²) in [6.45, 7) is 7.79. The molecule has 0 saturated carbocycles. The van der Waals surface area contributed by atoms with Gasteiger partial charge in [0.1, 0.15) is 4.88 Å². The first-order valence-corrected chi connectivity index (χ1v) is 7.93. The minimum Gasteiger partial charge on any atom is -0.349 e. The zero-order valence-corrected chi connectivity index (χ0v) is 13.7. The van der Waals surface area contributed by atoms with E-state index in [0.29, 0.717) is 9.84 Å². The van der Waals surface area contributed by atoms with Crippen molar-refractivity contribution in [2.24, 2.45) is 0 Å². The Kier molecular flexibility index (Phi) is 3.48. The van der Waals surface area contributed by atoms with Gasteiger partial charge in [-0.3, -0.25) is 14.0 Å². The Balaban J connectivity index is 2.25. The van der Waals surface area contributed by atoms with Crippen molar-refractivity contribution in [3.8, 4) is 0 Å². The van der Waals surface area contributed by atoms with E-state index in [-0.39, 0.29) is 17.5 Å². The van der Waals surface area contributed by atoms with E-state index >= 15 is 0 Å². The van der Waals surface area contributed by atoms with E-state index < -0.39 is 0 Å². The maximum absolute atomic E-state index is 12.4. The molecule has 0 aliphatic heterocycles. The number of nitrogens with zero attached hydrogens (tertiary/aromatic N) is 2. The fourth-order valence-electron chi connectivity index (χ4n) is 2.34. The second-order valence-corrected chi connectivity index (χ2v) is 6.74. The van der Waals surface area contributed by atoms with Gasteiger partial charge < -0.3 is 5.32 Å². The standard InChI is InChI=1S/C16H17N3O2S/c1-8(2)17-15(21)13-7-14(20)19-12-6-10(4)9(3)5-11(12)18-16(19)22-13/h5-8H,1-4H3,(H,17,21). The number of amides is 1. The topological polar surface area (TPSA) is 63.5 Å². The molecule has 0 aliphatic carbocycles. The van der Waals surface area contributed by atoms with Crippen LogP contribution in [-0.4, -0.2) is 21.3 Å². The summed E-state index contributed by atoms with van der Waals surface area (Å²) in [4.78, 5) is 29.9. The molecular weight excluding hydrogens is 298 g/mol. The van der Waals surface area contributed by atoms with Crippen LogP contribution in [0.15, 0.2) is 23.0 Å². The summed E-state index contributed by atoms with van der Waals surface area (Å²) < 4.78 is 1.57. The lowest BCUT2D eigenvalue weighted by Crippen LogP contribution is -2.30. The van der Waals surface area contributed by atoms with Crippen molar-refractivity contribution in [1.82, 2.24) is 14.7 Å². The van der Waals surface area contributed by atoms with Crippen molar-refractivity contribution in [1.29, 1.82) is 0 Å². The van der Waals surface area contributed by atoms with Gasteiger partial charge in [0.15, 0.2) is 4.96 Å². The Morgan fingerprint density at radius 3 is 2.59 bits per heavy atom. The van der Waals surface area contributed by atoms with Crippen molar-refractivity contribution in [3.63, 3.8) is 0 Å². The van der Waals surface area contributed by atoms with Gasteiger partial charge in [-0.05, 0) is 51.0 Å². The number of carbonyl (C=O) groups excluding carboxylic acids is 1. The van der Waals surface area contributed by atoms with Crippen LogP contribution >= 0.6 is 11.3 Å². The maximum Gasteiger partial charge on any atom is 0.261 e. The number of hydrogen-bond donors (Lipinski definition) is 1. The molecule has 0 fully saturated rings. The fourth-order valence-corrected chi connectivity index (χ4v) is 3.27. The van der Waals surface area contributed by atoms with Gasteiger partial charge in [0.25, 0.3) is 11.5 Å². The SMILES string of the molecule is Cc1cc2nc3sc(C(=O)NC(C)C)cc(=O)n3c2cc1C. The lowest BCUT2D eigenvalue weighted by atomic mass is 10.1. The Morgan fingerprint density at radius 2 is 1.91 bits per heavy atom. The van der Waals surface area contributed by atoms with E-state index in [0.717, 1.165) is 22.2 Å². The molecule has 1 N–H and O–H groups in total. The van der Waals surface area contributed by atoms with Crippen molar-refractivity contribution in [2.75, 3.05) is 0 Å². The highest BCUT2D eigenvalue weighted by Gasteiger charge is 2.15. The van der Waals surface area contributed by atoms with Crippen LogP contribution in [0.3, 0.4) is 0 Å². The molecule has 0 spiro atoms. The second-order valence-electron chi connectivity index (χ2n) is 5.73. The average molecular weight is 315 g/mol. The molecular formula is C16H17N3O2S. The van der Waals surface area contributed by atoms with Gasteiger partial charge in [-0.15, -0.1) is 0 Å². The molecule has 1 aromatic carbocycles. The smallest absolute Gasteiger partial charge is 0.261 e. The molecule has 114 valence electrons. The Bertz CT molecular complexity index is 953. The normalized spacial score (nSPS) is 11.5. The van der Waals surface area contributed by atoms with Crippen LogP contribution in [0, 0.1) is 13.8 Å². The van der Waals surface area contributed by atoms with E-state index in [9.17, 15) is 9.59 Å².